The van der Waals surface area contributed by atoms with E-state index in [1.165, 1.54) is 0 Å². The van der Waals surface area contributed by atoms with Gasteiger partial charge in [-0.2, -0.15) is 0 Å². The summed E-state index contributed by atoms with van der Waals surface area (Å²) in [5, 5.41) is 0. The first kappa shape index (κ1) is 11.1. The van der Waals surface area contributed by atoms with Crippen LogP contribution in [0.4, 0.5) is 0 Å². The van der Waals surface area contributed by atoms with E-state index in [-0.39, 0.29) is 0 Å². The van der Waals surface area contributed by atoms with Crippen molar-refractivity contribution in [3.8, 4) is 5.69 Å². The Bertz CT molecular complexity index is 465. The molecule has 0 atom stereocenters. The fourth-order valence-corrected chi connectivity index (χ4v) is 1.93. The van der Waals surface area contributed by atoms with E-state index in [4.69, 9.17) is 11.6 Å². The first-order valence-electron chi connectivity index (χ1n) is 5.38. The van der Waals surface area contributed by atoms with Gasteiger partial charge in [-0.3, -0.25) is 4.98 Å². The van der Waals surface area contributed by atoms with E-state index in [9.17, 15) is 0 Å². The van der Waals surface area contributed by atoms with Gasteiger partial charge in [-0.15, -0.1) is 11.6 Å². The van der Waals surface area contributed by atoms with Crippen LogP contribution in [0.5, 0.6) is 0 Å². The Kier molecular flexibility index (Phi) is 3.57. The van der Waals surface area contributed by atoms with Crippen LogP contribution in [0, 0.1) is 0 Å². The second-order valence-corrected chi connectivity index (χ2v) is 3.87. The number of imidazole rings is 1. The summed E-state index contributed by atoms with van der Waals surface area (Å²) < 4.78 is 2.06. The Morgan fingerprint density at radius 3 is 3.00 bits per heavy atom. The zero-order valence-corrected chi connectivity index (χ0v) is 9.98. The lowest BCUT2D eigenvalue weighted by Crippen LogP contribution is -2.03. The molecule has 0 bridgehead atoms. The van der Waals surface area contributed by atoms with Crippen LogP contribution in [-0.2, 0) is 12.3 Å². The lowest BCUT2D eigenvalue weighted by atomic mass is 10.2. The average Bonchev–Trinajstić information content (AvgIpc) is 2.77. The minimum atomic E-state index is 0.488. The van der Waals surface area contributed by atoms with Crippen molar-refractivity contribution in [3.05, 3.63) is 42.2 Å². The first-order chi connectivity index (χ1) is 7.86. The van der Waals surface area contributed by atoms with Gasteiger partial charge in [-0.1, -0.05) is 6.92 Å². The number of halogens is 1. The normalized spacial score (nSPS) is 10.6. The quantitative estimate of drug-likeness (QED) is 0.763. The fourth-order valence-electron chi connectivity index (χ4n) is 1.71. The monoisotopic (exact) mass is 235 g/mol. The smallest absolute Gasteiger partial charge is 0.113 e. The zero-order valence-electron chi connectivity index (χ0n) is 9.23. The molecule has 0 aliphatic carbocycles. The molecule has 0 spiro atoms. The summed E-state index contributed by atoms with van der Waals surface area (Å²) in [7, 11) is 0. The fraction of sp³-hybridized carbons (Fsp3) is 0.333. The van der Waals surface area contributed by atoms with Gasteiger partial charge < -0.3 is 4.57 Å². The van der Waals surface area contributed by atoms with Crippen molar-refractivity contribution >= 4 is 11.6 Å². The molecular formula is C12H14ClN3. The van der Waals surface area contributed by atoms with E-state index < -0.39 is 0 Å². The lowest BCUT2D eigenvalue weighted by Gasteiger charge is -2.10. The van der Waals surface area contributed by atoms with Gasteiger partial charge in [-0.25, -0.2) is 4.98 Å². The molecule has 16 heavy (non-hydrogen) atoms. The largest absolute Gasteiger partial charge is 0.302 e. The molecule has 2 aromatic rings. The number of rotatable bonds is 4. The molecule has 0 amide bonds. The van der Waals surface area contributed by atoms with Crippen LogP contribution in [0.25, 0.3) is 5.69 Å². The average molecular weight is 236 g/mol. The van der Waals surface area contributed by atoms with Crippen LogP contribution < -0.4 is 0 Å². The SMILES string of the molecule is CCCc1nccn1-c1cnccc1CCl. The van der Waals surface area contributed by atoms with Crippen LogP contribution in [-0.4, -0.2) is 14.5 Å². The van der Waals surface area contributed by atoms with Gasteiger partial charge in [-0.05, 0) is 18.1 Å². The van der Waals surface area contributed by atoms with E-state index in [0.717, 1.165) is 29.9 Å². The Morgan fingerprint density at radius 2 is 2.25 bits per heavy atom. The Labute approximate surface area is 100 Å². The van der Waals surface area contributed by atoms with Gasteiger partial charge in [0, 0.05) is 30.9 Å². The molecule has 2 rings (SSSR count). The van der Waals surface area contributed by atoms with Gasteiger partial charge >= 0.3 is 0 Å². The highest BCUT2D eigenvalue weighted by Gasteiger charge is 2.07. The number of nitrogens with zero attached hydrogens (tertiary/aromatic N) is 3. The number of aryl methyl sites for hydroxylation is 1. The summed E-state index contributed by atoms with van der Waals surface area (Å²) in [6, 6.07) is 1.94. The minimum absolute atomic E-state index is 0.488. The van der Waals surface area contributed by atoms with Gasteiger partial charge in [0.05, 0.1) is 11.9 Å². The maximum absolute atomic E-state index is 5.92. The van der Waals surface area contributed by atoms with Crippen molar-refractivity contribution in [2.75, 3.05) is 0 Å². The first-order valence-corrected chi connectivity index (χ1v) is 5.91. The third-order valence-electron chi connectivity index (χ3n) is 2.48. The summed E-state index contributed by atoms with van der Waals surface area (Å²) in [5.41, 5.74) is 2.10. The maximum atomic E-state index is 5.92. The molecule has 0 fully saturated rings. The van der Waals surface area contributed by atoms with Gasteiger partial charge in [0.2, 0.25) is 0 Å². The zero-order chi connectivity index (χ0) is 11.4. The predicted octanol–water partition coefficient (Wildman–Crippen LogP) is 2.96. The Morgan fingerprint density at radius 1 is 1.38 bits per heavy atom. The molecule has 2 aromatic heterocycles. The second kappa shape index (κ2) is 5.12. The van der Waals surface area contributed by atoms with Crippen LogP contribution in [0.3, 0.4) is 0 Å². The van der Waals surface area contributed by atoms with Gasteiger partial charge in [0.1, 0.15) is 5.82 Å². The molecule has 0 unspecified atom stereocenters. The molecule has 0 radical (unpaired) electrons. The predicted molar refractivity (Wildman–Crippen MR) is 64.9 cm³/mol. The van der Waals surface area contributed by atoms with Gasteiger partial charge in [0.15, 0.2) is 0 Å². The molecule has 0 aromatic carbocycles. The highest BCUT2D eigenvalue weighted by molar-refractivity contribution is 6.17. The van der Waals surface area contributed by atoms with E-state index in [1.807, 2.05) is 24.7 Å². The number of alkyl halides is 1. The summed E-state index contributed by atoms with van der Waals surface area (Å²) in [6.07, 6.45) is 9.40. The number of aromatic nitrogens is 3. The molecule has 2 heterocycles. The molecule has 84 valence electrons. The molecule has 0 saturated heterocycles. The van der Waals surface area contributed by atoms with Crippen molar-refractivity contribution in [1.82, 2.24) is 14.5 Å². The molecule has 0 N–H and O–H groups in total. The maximum Gasteiger partial charge on any atom is 0.113 e. The standard InChI is InChI=1S/C12H14ClN3/c1-2-3-12-15-6-7-16(12)11-9-14-5-4-10(11)8-13/h4-7,9H,2-3,8H2,1H3. The third kappa shape index (κ3) is 2.09. The topological polar surface area (TPSA) is 30.7 Å². The van der Waals surface area contributed by atoms with E-state index in [1.54, 1.807) is 6.20 Å². The van der Waals surface area contributed by atoms with Crippen LogP contribution in [0.15, 0.2) is 30.9 Å². The minimum Gasteiger partial charge on any atom is -0.302 e. The summed E-state index contributed by atoms with van der Waals surface area (Å²) in [5.74, 6) is 1.54. The summed E-state index contributed by atoms with van der Waals surface area (Å²) >= 11 is 5.92. The molecule has 0 saturated carbocycles. The molecule has 0 aliphatic heterocycles. The van der Waals surface area contributed by atoms with Crippen molar-refractivity contribution in [2.24, 2.45) is 0 Å². The van der Waals surface area contributed by atoms with E-state index >= 15 is 0 Å². The summed E-state index contributed by atoms with van der Waals surface area (Å²) in [6.45, 7) is 2.14. The van der Waals surface area contributed by atoms with E-state index in [2.05, 4.69) is 21.5 Å². The number of hydrogen-bond donors (Lipinski definition) is 0. The lowest BCUT2D eigenvalue weighted by molar-refractivity contribution is 0.804. The molecular weight excluding hydrogens is 222 g/mol. The highest BCUT2D eigenvalue weighted by atomic mass is 35.5. The van der Waals surface area contributed by atoms with Crippen LogP contribution in [0.1, 0.15) is 24.7 Å². The molecule has 0 aliphatic rings. The Hall–Kier alpha value is -1.35. The number of pyridine rings is 1. The van der Waals surface area contributed by atoms with Crippen molar-refractivity contribution < 1.29 is 0 Å². The summed E-state index contributed by atoms with van der Waals surface area (Å²) in [4.78, 5) is 8.49. The van der Waals surface area contributed by atoms with Crippen molar-refractivity contribution in [1.29, 1.82) is 0 Å². The second-order valence-electron chi connectivity index (χ2n) is 3.60. The third-order valence-corrected chi connectivity index (χ3v) is 2.77. The van der Waals surface area contributed by atoms with Gasteiger partial charge in [0.25, 0.3) is 0 Å². The van der Waals surface area contributed by atoms with Crippen LogP contribution in [0.2, 0.25) is 0 Å². The van der Waals surface area contributed by atoms with E-state index in [0.29, 0.717) is 5.88 Å². The Balaban J connectivity index is 2.45. The van der Waals surface area contributed by atoms with Crippen molar-refractivity contribution in [2.45, 2.75) is 25.6 Å². The number of hydrogen-bond acceptors (Lipinski definition) is 2. The molecule has 3 nitrogen and oxygen atoms in total. The highest BCUT2D eigenvalue weighted by Crippen LogP contribution is 2.17. The van der Waals surface area contributed by atoms with Crippen LogP contribution >= 0.6 is 11.6 Å². The molecule has 4 heteroatoms. The van der Waals surface area contributed by atoms with Crippen molar-refractivity contribution in [3.63, 3.8) is 0 Å².